The van der Waals surface area contributed by atoms with Crippen molar-refractivity contribution < 1.29 is 14.6 Å². The number of rotatable bonds is 0. The second kappa shape index (κ2) is 5.06. The number of hydrogen-bond acceptors (Lipinski definition) is 3. The minimum atomic E-state index is -0.333. The van der Waals surface area contributed by atoms with E-state index in [2.05, 4.69) is 6.08 Å². The van der Waals surface area contributed by atoms with Crippen molar-refractivity contribution >= 4 is 5.78 Å². The Balaban J connectivity index is 2.08. The van der Waals surface area contributed by atoms with Crippen LogP contribution in [0, 0.1) is 5.92 Å². The van der Waals surface area contributed by atoms with Crippen LogP contribution in [-0.2, 0) is 10.2 Å². The Morgan fingerprint density at radius 3 is 2.95 bits per heavy atom. The molecule has 0 saturated heterocycles. The van der Waals surface area contributed by atoms with E-state index in [0.29, 0.717) is 18.6 Å². The van der Waals surface area contributed by atoms with E-state index >= 15 is 0 Å². The molecule has 3 heteroatoms. The fourth-order valence-corrected chi connectivity index (χ4v) is 3.02. The van der Waals surface area contributed by atoms with Crippen LogP contribution in [0.3, 0.4) is 0 Å². The number of ether oxygens (including phenoxy) is 1. The molecule has 0 fully saturated rings. The number of carbonyl (C=O) groups is 1. The fourth-order valence-electron chi connectivity index (χ4n) is 3.02. The van der Waals surface area contributed by atoms with E-state index < -0.39 is 0 Å². The summed E-state index contributed by atoms with van der Waals surface area (Å²) >= 11 is 0. The fraction of sp³-hybridized carbons (Fsp3) is 0.389. The van der Waals surface area contributed by atoms with Crippen molar-refractivity contribution in [2.75, 3.05) is 6.61 Å². The lowest BCUT2D eigenvalue weighted by Gasteiger charge is -2.28. The molecule has 0 spiro atoms. The van der Waals surface area contributed by atoms with Crippen molar-refractivity contribution in [3.8, 4) is 5.75 Å². The molecule has 1 aromatic carbocycles. The molecule has 1 unspecified atom stereocenters. The predicted molar refractivity (Wildman–Crippen MR) is 81.4 cm³/mol. The SMILES string of the molecule is CC1(C)COC2=CC=CCC2CC(=O)c2ccc(O)cc21. The maximum atomic E-state index is 12.7. The lowest BCUT2D eigenvalue weighted by atomic mass is 9.80. The molecular weight excluding hydrogens is 264 g/mol. The third-order valence-corrected chi connectivity index (χ3v) is 4.28. The van der Waals surface area contributed by atoms with Crippen molar-refractivity contribution in [3.63, 3.8) is 0 Å². The van der Waals surface area contributed by atoms with E-state index in [0.717, 1.165) is 17.7 Å². The monoisotopic (exact) mass is 284 g/mol. The maximum Gasteiger partial charge on any atom is 0.163 e. The van der Waals surface area contributed by atoms with Crippen molar-refractivity contribution in [3.05, 3.63) is 53.3 Å². The summed E-state index contributed by atoms with van der Waals surface area (Å²) in [4.78, 5) is 12.7. The van der Waals surface area contributed by atoms with E-state index in [1.54, 1.807) is 18.2 Å². The van der Waals surface area contributed by atoms with Gasteiger partial charge >= 0.3 is 0 Å². The van der Waals surface area contributed by atoms with Gasteiger partial charge in [-0.1, -0.05) is 26.0 Å². The van der Waals surface area contributed by atoms with E-state index in [1.807, 2.05) is 26.0 Å². The normalized spacial score (nSPS) is 23.8. The number of carbonyl (C=O) groups excluding carboxylic acids is 1. The average Bonchev–Trinajstić information content (AvgIpc) is 2.49. The summed E-state index contributed by atoms with van der Waals surface area (Å²) in [5, 5.41) is 9.77. The van der Waals surface area contributed by atoms with Crippen LogP contribution >= 0.6 is 0 Å². The molecule has 1 N–H and O–H groups in total. The predicted octanol–water partition coefficient (Wildman–Crippen LogP) is 3.73. The van der Waals surface area contributed by atoms with Crippen molar-refractivity contribution in [1.82, 2.24) is 0 Å². The van der Waals surface area contributed by atoms with Gasteiger partial charge in [0, 0.05) is 23.3 Å². The summed E-state index contributed by atoms with van der Waals surface area (Å²) in [6, 6.07) is 5.02. The lowest BCUT2D eigenvalue weighted by Crippen LogP contribution is -2.26. The molecule has 0 saturated carbocycles. The van der Waals surface area contributed by atoms with Gasteiger partial charge in [0.2, 0.25) is 0 Å². The zero-order valence-electron chi connectivity index (χ0n) is 12.4. The molecule has 3 nitrogen and oxygen atoms in total. The summed E-state index contributed by atoms with van der Waals surface area (Å²) in [7, 11) is 0. The number of Topliss-reactive ketones (excluding diaryl/α,β-unsaturated/α-hetero) is 1. The molecule has 0 radical (unpaired) electrons. The summed E-state index contributed by atoms with van der Waals surface area (Å²) in [6.07, 6.45) is 7.31. The van der Waals surface area contributed by atoms with Crippen LogP contribution in [0.4, 0.5) is 0 Å². The van der Waals surface area contributed by atoms with Crippen LogP contribution in [-0.4, -0.2) is 17.5 Å². The first-order valence-corrected chi connectivity index (χ1v) is 7.33. The minimum Gasteiger partial charge on any atom is -0.508 e. The first kappa shape index (κ1) is 13.9. The number of benzene rings is 1. The van der Waals surface area contributed by atoms with Crippen molar-refractivity contribution in [2.24, 2.45) is 5.92 Å². The maximum absolute atomic E-state index is 12.7. The Labute approximate surface area is 124 Å². The van der Waals surface area contributed by atoms with Gasteiger partial charge in [0.05, 0.1) is 12.4 Å². The Hall–Kier alpha value is -2.03. The van der Waals surface area contributed by atoms with E-state index in [-0.39, 0.29) is 22.9 Å². The molecule has 1 aliphatic heterocycles. The molecule has 110 valence electrons. The standard InChI is InChI=1S/C18H20O3/c1-18(2)11-21-17-6-4-3-5-12(17)9-16(20)14-8-7-13(19)10-15(14)18/h3-4,6-8,10,12,19H,5,9,11H2,1-2H3. The number of ketones is 1. The van der Waals surface area contributed by atoms with Gasteiger partial charge < -0.3 is 9.84 Å². The quantitative estimate of drug-likeness (QED) is 0.789. The molecule has 2 aliphatic rings. The highest BCUT2D eigenvalue weighted by Gasteiger charge is 2.32. The highest BCUT2D eigenvalue weighted by molar-refractivity contribution is 5.98. The summed E-state index contributed by atoms with van der Waals surface area (Å²) in [5.74, 6) is 1.33. The third kappa shape index (κ3) is 2.60. The first-order valence-electron chi connectivity index (χ1n) is 7.33. The lowest BCUT2D eigenvalue weighted by molar-refractivity contribution is 0.0942. The Bertz CT molecular complexity index is 638. The topological polar surface area (TPSA) is 46.5 Å². The van der Waals surface area contributed by atoms with E-state index in [1.165, 1.54) is 0 Å². The van der Waals surface area contributed by atoms with Gasteiger partial charge in [-0.05, 0) is 36.3 Å². The average molecular weight is 284 g/mol. The first-order chi connectivity index (χ1) is 9.97. The molecule has 1 heterocycles. The van der Waals surface area contributed by atoms with Crippen LogP contribution in [0.1, 0.15) is 42.6 Å². The summed E-state index contributed by atoms with van der Waals surface area (Å²) < 4.78 is 6.00. The van der Waals surface area contributed by atoms with E-state index in [4.69, 9.17) is 4.74 Å². The highest BCUT2D eigenvalue weighted by Crippen LogP contribution is 2.36. The second-order valence-corrected chi connectivity index (χ2v) is 6.46. The molecule has 3 rings (SSSR count). The van der Waals surface area contributed by atoms with Crippen LogP contribution in [0.15, 0.2) is 42.2 Å². The number of allylic oxidation sites excluding steroid dienone is 4. The van der Waals surface area contributed by atoms with Crippen molar-refractivity contribution in [1.29, 1.82) is 0 Å². The molecule has 1 aromatic rings. The van der Waals surface area contributed by atoms with Crippen molar-refractivity contribution in [2.45, 2.75) is 32.1 Å². The zero-order valence-corrected chi connectivity index (χ0v) is 12.4. The van der Waals surface area contributed by atoms with E-state index in [9.17, 15) is 9.90 Å². The number of aromatic hydroxyl groups is 1. The largest absolute Gasteiger partial charge is 0.508 e. The Morgan fingerprint density at radius 1 is 1.33 bits per heavy atom. The number of fused-ring (bicyclic) bond motifs is 2. The Morgan fingerprint density at radius 2 is 2.14 bits per heavy atom. The van der Waals surface area contributed by atoms with Gasteiger partial charge in [-0.15, -0.1) is 0 Å². The molecular formula is C18H20O3. The molecule has 0 bridgehead atoms. The van der Waals surface area contributed by atoms with Crippen LogP contribution in [0.5, 0.6) is 5.75 Å². The van der Waals surface area contributed by atoms with Crippen LogP contribution in [0.2, 0.25) is 0 Å². The van der Waals surface area contributed by atoms with Gasteiger partial charge in [0.25, 0.3) is 0 Å². The summed E-state index contributed by atoms with van der Waals surface area (Å²) in [6.45, 7) is 4.57. The summed E-state index contributed by atoms with van der Waals surface area (Å²) in [5.41, 5.74) is 1.23. The number of hydrogen-bond donors (Lipinski definition) is 1. The Kier molecular flexibility index (Phi) is 3.36. The number of phenols is 1. The van der Waals surface area contributed by atoms with Crippen LogP contribution < -0.4 is 0 Å². The smallest absolute Gasteiger partial charge is 0.163 e. The molecule has 0 amide bonds. The van der Waals surface area contributed by atoms with Crippen LogP contribution in [0.25, 0.3) is 0 Å². The third-order valence-electron chi connectivity index (χ3n) is 4.28. The second-order valence-electron chi connectivity index (χ2n) is 6.46. The molecule has 1 aliphatic carbocycles. The highest BCUT2D eigenvalue weighted by atomic mass is 16.5. The number of phenolic OH excluding ortho intramolecular Hbond substituents is 1. The van der Waals surface area contributed by atoms with Gasteiger partial charge in [0.15, 0.2) is 5.78 Å². The molecule has 0 aromatic heterocycles. The van der Waals surface area contributed by atoms with Gasteiger partial charge in [-0.25, -0.2) is 0 Å². The minimum absolute atomic E-state index is 0.120. The zero-order chi connectivity index (χ0) is 15.0. The molecule has 21 heavy (non-hydrogen) atoms. The van der Waals surface area contributed by atoms with Gasteiger partial charge in [0.1, 0.15) is 5.75 Å². The molecule has 1 atom stereocenters. The van der Waals surface area contributed by atoms with Gasteiger partial charge in [-0.2, -0.15) is 0 Å². The van der Waals surface area contributed by atoms with Gasteiger partial charge in [-0.3, -0.25) is 4.79 Å².